The van der Waals surface area contributed by atoms with E-state index in [4.69, 9.17) is 0 Å². The number of para-hydroxylation sites is 2. The third-order valence-electron chi connectivity index (χ3n) is 16.2. The lowest BCUT2D eigenvalue weighted by Crippen LogP contribution is -2.28. The predicted octanol–water partition coefficient (Wildman–Crippen LogP) is 20.1. The number of hydrogen-bond donors (Lipinski definition) is 0. The van der Waals surface area contributed by atoms with Crippen LogP contribution in [0.3, 0.4) is 0 Å². The van der Waals surface area contributed by atoms with E-state index in [-0.39, 0.29) is 0 Å². The summed E-state index contributed by atoms with van der Waals surface area (Å²) in [4.78, 5) is 2.54. The maximum atomic E-state index is 2.54. The molecule has 0 bridgehead atoms. The highest BCUT2D eigenvalue weighted by Crippen LogP contribution is 2.57. The van der Waals surface area contributed by atoms with Gasteiger partial charge in [-0.3, -0.25) is 0 Å². The van der Waals surface area contributed by atoms with Crippen molar-refractivity contribution in [1.29, 1.82) is 0 Å². The highest BCUT2D eigenvalue weighted by atomic mass is 32.1. The summed E-state index contributed by atoms with van der Waals surface area (Å²) >= 11 is 1.89. The van der Waals surface area contributed by atoms with Gasteiger partial charge < -0.3 is 4.90 Å². The Kier molecular flexibility index (Phi) is 10.8. The van der Waals surface area contributed by atoms with E-state index in [9.17, 15) is 0 Å². The summed E-state index contributed by atoms with van der Waals surface area (Å²) < 4.78 is 2.62. The largest absolute Gasteiger partial charge is 0.309 e. The van der Waals surface area contributed by atoms with Crippen molar-refractivity contribution in [3.8, 4) is 44.5 Å². The topological polar surface area (TPSA) is 3.24 Å². The third-order valence-corrected chi connectivity index (χ3v) is 17.4. The van der Waals surface area contributed by atoms with Crippen LogP contribution in [-0.2, 0) is 5.41 Å². The molecule has 73 heavy (non-hydrogen) atoms. The van der Waals surface area contributed by atoms with Crippen LogP contribution >= 0.6 is 11.3 Å². The van der Waals surface area contributed by atoms with Gasteiger partial charge in [-0.15, -0.1) is 11.3 Å². The monoisotopic (exact) mass is 951 g/mol. The summed E-state index contributed by atoms with van der Waals surface area (Å²) in [5, 5.41) is 5.31. The van der Waals surface area contributed by atoms with E-state index in [1.807, 2.05) is 11.3 Å². The molecule has 0 atom stereocenters. The predicted molar refractivity (Wildman–Crippen MR) is 311 cm³/mol. The van der Waals surface area contributed by atoms with Crippen LogP contribution < -0.4 is 4.90 Å². The first-order valence-electron chi connectivity index (χ1n) is 26.1. The van der Waals surface area contributed by atoms with Crippen LogP contribution in [0.15, 0.2) is 255 Å². The summed E-state index contributed by atoms with van der Waals surface area (Å²) in [5.41, 5.74) is 19.6. The third kappa shape index (κ3) is 7.11. The van der Waals surface area contributed by atoms with E-state index < -0.39 is 5.41 Å². The number of anilines is 3. The van der Waals surface area contributed by atoms with Gasteiger partial charge in [-0.25, -0.2) is 0 Å². The maximum Gasteiger partial charge on any atom is 0.0713 e. The zero-order valence-corrected chi connectivity index (χ0v) is 41.5. The molecule has 1 aromatic heterocycles. The van der Waals surface area contributed by atoms with Crippen LogP contribution in [0.4, 0.5) is 17.1 Å². The first kappa shape index (κ1) is 43.5. The van der Waals surface area contributed by atoms with Gasteiger partial charge in [0.15, 0.2) is 0 Å². The Hall–Kier alpha value is -8.30. The van der Waals surface area contributed by atoms with Gasteiger partial charge in [0.05, 0.1) is 16.8 Å². The van der Waals surface area contributed by atoms with E-state index in [1.165, 1.54) is 135 Å². The Morgan fingerprint density at radius 3 is 1.67 bits per heavy atom. The molecule has 1 fully saturated rings. The first-order valence-corrected chi connectivity index (χ1v) is 26.9. The zero-order chi connectivity index (χ0) is 48.3. The van der Waals surface area contributed by atoms with Crippen LogP contribution in [0.25, 0.3) is 75.5 Å². The molecule has 14 rings (SSSR count). The molecular weight excluding hydrogens is 899 g/mol. The van der Waals surface area contributed by atoms with Crippen molar-refractivity contribution < 1.29 is 0 Å². The highest BCUT2D eigenvalue weighted by molar-refractivity contribution is 7.26. The van der Waals surface area contributed by atoms with Gasteiger partial charge in [0, 0.05) is 42.6 Å². The Bertz CT molecular complexity index is 3960. The molecule has 0 spiro atoms. The van der Waals surface area contributed by atoms with Gasteiger partial charge >= 0.3 is 0 Å². The van der Waals surface area contributed by atoms with Gasteiger partial charge in [0.25, 0.3) is 0 Å². The lowest BCUT2D eigenvalue weighted by Gasteiger charge is -2.34. The molecule has 2 aliphatic carbocycles. The van der Waals surface area contributed by atoms with E-state index >= 15 is 0 Å². The van der Waals surface area contributed by atoms with Gasteiger partial charge in [-0.1, -0.05) is 238 Å². The van der Waals surface area contributed by atoms with Gasteiger partial charge in [-0.05, 0) is 122 Å². The van der Waals surface area contributed by atoms with Crippen molar-refractivity contribution in [1.82, 2.24) is 0 Å². The number of fused-ring (bicyclic) bond motifs is 7. The van der Waals surface area contributed by atoms with Crippen LogP contribution in [0.2, 0.25) is 0 Å². The fraction of sp³-hybridized carbons (Fsp3) is 0.0986. The molecule has 2 heteroatoms. The van der Waals surface area contributed by atoms with Crippen molar-refractivity contribution in [3.05, 3.63) is 283 Å². The number of rotatable bonds is 9. The van der Waals surface area contributed by atoms with Crippen LogP contribution in [0, 0.1) is 0 Å². The number of thiophene rings is 1. The van der Waals surface area contributed by atoms with Crippen LogP contribution in [-0.4, -0.2) is 0 Å². The second-order valence-electron chi connectivity index (χ2n) is 20.1. The molecule has 11 aromatic carbocycles. The summed E-state index contributed by atoms with van der Waals surface area (Å²) in [6.45, 7) is 0. The fourth-order valence-corrected chi connectivity index (χ4v) is 14.2. The lowest BCUT2D eigenvalue weighted by molar-refractivity contribution is 0.445. The zero-order valence-electron chi connectivity index (χ0n) is 40.7. The van der Waals surface area contributed by atoms with Crippen molar-refractivity contribution >= 4 is 59.3 Å². The average Bonchev–Trinajstić information content (AvgIpc) is 4.05. The van der Waals surface area contributed by atoms with Crippen molar-refractivity contribution in [3.63, 3.8) is 0 Å². The second-order valence-corrected chi connectivity index (χ2v) is 21.1. The lowest BCUT2D eigenvalue weighted by atomic mass is 9.67. The standard InChI is InChI=1S/C71H53NS/c1-4-21-49(22-5-1)55-33-18-23-50-24-19-34-61(69(50)55)58-30-11-15-38-66(58)72(67-39-16-12-31-59(67)62-35-20-36-63-60-32-13-17-40-68(60)73-70(62)63)54-44-41-48(42-45-54)51-43-46-57-56-29-10-14-37-64(56)71(65(57)47-51,52-25-6-2-7-26-52)53-27-8-3-9-28-53/h2-3,6-20,23-47,49H,1,4-5,21-22H2. The molecular formula is C71H53NS. The molecule has 0 amide bonds. The minimum atomic E-state index is -0.468. The minimum Gasteiger partial charge on any atom is -0.309 e. The van der Waals surface area contributed by atoms with Crippen molar-refractivity contribution in [2.75, 3.05) is 4.90 Å². The second kappa shape index (κ2) is 18.1. The van der Waals surface area contributed by atoms with E-state index in [0.29, 0.717) is 5.92 Å². The Balaban J connectivity index is 0.962. The van der Waals surface area contributed by atoms with Crippen molar-refractivity contribution in [2.45, 2.75) is 43.4 Å². The highest BCUT2D eigenvalue weighted by Gasteiger charge is 2.46. The normalized spacial score (nSPS) is 14.1. The summed E-state index contributed by atoms with van der Waals surface area (Å²) in [5.74, 6) is 0.566. The summed E-state index contributed by atoms with van der Waals surface area (Å²) in [6, 6.07) is 95.7. The Morgan fingerprint density at radius 2 is 0.932 bits per heavy atom. The quantitative estimate of drug-likeness (QED) is 0.139. The summed E-state index contributed by atoms with van der Waals surface area (Å²) in [7, 11) is 0. The maximum absolute atomic E-state index is 2.54. The van der Waals surface area contributed by atoms with Gasteiger partial charge in [0.1, 0.15) is 0 Å². The Labute approximate surface area is 432 Å². The molecule has 0 saturated heterocycles. The molecule has 1 saturated carbocycles. The number of hydrogen-bond acceptors (Lipinski definition) is 2. The fourth-order valence-electron chi connectivity index (χ4n) is 12.9. The first-order chi connectivity index (χ1) is 36.2. The minimum absolute atomic E-state index is 0.468. The van der Waals surface area contributed by atoms with Gasteiger partial charge in [0.2, 0.25) is 0 Å². The molecule has 2 aliphatic rings. The van der Waals surface area contributed by atoms with Crippen LogP contribution in [0.5, 0.6) is 0 Å². The molecule has 0 aliphatic heterocycles. The van der Waals surface area contributed by atoms with E-state index in [2.05, 4.69) is 260 Å². The smallest absolute Gasteiger partial charge is 0.0713 e. The van der Waals surface area contributed by atoms with Gasteiger partial charge in [-0.2, -0.15) is 0 Å². The Morgan fingerprint density at radius 1 is 0.384 bits per heavy atom. The molecule has 0 radical (unpaired) electrons. The molecule has 0 unspecified atom stereocenters. The van der Waals surface area contributed by atoms with Crippen molar-refractivity contribution in [2.24, 2.45) is 0 Å². The number of benzene rings is 11. The SMILES string of the molecule is c1ccc(C2(c3ccccc3)c3ccccc3-c3ccc(-c4ccc(N(c5ccccc5-c5cccc6c5sc5ccccc56)c5ccccc5-c5cccc6cccc(C7CCCCC7)c56)cc4)cc32)cc1. The average molecular weight is 952 g/mol. The number of nitrogens with zero attached hydrogens (tertiary/aromatic N) is 1. The van der Waals surface area contributed by atoms with Crippen LogP contribution in [0.1, 0.15) is 65.8 Å². The molecule has 1 nitrogen and oxygen atoms in total. The van der Waals surface area contributed by atoms with E-state index in [1.54, 1.807) is 0 Å². The molecule has 12 aromatic rings. The summed E-state index contributed by atoms with van der Waals surface area (Å²) in [6.07, 6.45) is 6.43. The molecule has 348 valence electrons. The molecule has 0 N–H and O–H groups in total. The van der Waals surface area contributed by atoms with E-state index in [0.717, 1.165) is 17.1 Å². The molecule has 1 heterocycles.